The topological polar surface area (TPSA) is 24.9 Å². The summed E-state index contributed by atoms with van der Waals surface area (Å²) < 4.78 is 0. The van der Waals surface area contributed by atoms with E-state index in [1.807, 2.05) is 12.4 Å². The smallest absolute Gasteiger partial charge is 0.0357 e. The fourth-order valence-corrected chi connectivity index (χ4v) is 3.03. The van der Waals surface area contributed by atoms with Crippen LogP contribution in [0.25, 0.3) is 10.8 Å². The molecule has 2 nitrogen and oxygen atoms in total. The first-order valence-electron chi connectivity index (χ1n) is 7.37. The zero-order valence-electron chi connectivity index (χ0n) is 11.8. The summed E-state index contributed by atoms with van der Waals surface area (Å²) >= 11 is 0. The van der Waals surface area contributed by atoms with Gasteiger partial charge in [-0.2, -0.15) is 0 Å². The highest BCUT2D eigenvalue weighted by Gasteiger charge is 2.40. The molecule has 3 atom stereocenters. The molecule has 2 heteroatoms. The molecule has 1 aliphatic rings. The van der Waals surface area contributed by atoms with Gasteiger partial charge in [0.25, 0.3) is 0 Å². The van der Waals surface area contributed by atoms with Crippen LogP contribution in [0.15, 0.2) is 36.7 Å². The summed E-state index contributed by atoms with van der Waals surface area (Å²) in [6.45, 7) is 5.68. The molecule has 0 radical (unpaired) electrons. The molecule has 3 unspecified atom stereocenters. The molecule has 1 aliphatic carbocycles. The summed E-state index contributed by atoms with van der Waals surface area (Å²) in [6.07, 6.45) is 6.40. The van der Waals surface area contributed by atoms with Crippen LogP contribution >= 0.6 is 0 Å². The molecule has 0 amide bonds. The average molecular weight is 254 g/mol. The molecule has 2 aromatic rings. The van der Waals surface area contributed by atoms with Gasteiger partial charge < -0.3 is 5.32 Å². The largest absolute Gasteiger partial charge is 0.310 e. The van der Waals surface area contributed by atoms with Crippen LogP contribution in [0.1, 0.15) is 38.3 Å². The van der Waals surface area contributed by atoms with Gasteiger partial charge in [-0.15, -0.1) is 0 Å². The number of fused-ring (bicyclic) bond motifs is 1. The van der Waals surface area contributed by atoms with Gasteiger partial charge in [-0.05, 0) is 48.2 Å². The predicted molar refractivity (Wildman–Crippen MR) is 80.0 cm³/mol. The molecular formula is C17H22N2. The minimum absolute atomic E-state index is 0.501. The van der Waals surface area contributed by atoms with Crippen molar-refractivity contribution in [2.45, 2.75) is 32.7 Å². The lowest BCUT2D eigenvalue weighted by Crippen LogP contribution is -2.24. The summed E-state index contributed by atoms with van der Waals surface area (Å²) in [5.41, 5.74) is 1.45. The van der Waals surface area contributed by atoms with Gasteiger partial charge in [0.05, 0.1) is 0 Å². The Balaban J connectivity index is 1.99. The SMILES string of the molecule is CCCNC(c1cccc2cnccc12)C1CC1C. The van der Waals surface area contributed by atoms with Crippen molar-refractivity contribution in [2.24, 2.45) is 11.8 Å². The number of nitrogens with one attached hydrogen (secondary N) is 1. The highest BCUT2D eigenvalue weighted by molar-refractivity contribution is 5.85. The van der Waals surface area contributed by atoms with Gasteiger partial charge in [-0.1, -0.05) is 32.0 Å². The third kappa shape index (κ3) is 2.50. The van der Waals surface area contributed by atoms with Gasteiger partial charge in [0, 0.05) is 23.8 Å². The third-order valence-electron chi connectivity index (χ3n) is 4.26. The number of nitrogens with zero attached hydrogens (tertiary/aromatic N) is 1. The van der Waals surface area contributed by atoms with E-state index in [0.717, 1.165) is 18.4 Å². The molecule has 0 spiro atoms. The van der Waals surface area contributed by atoms with Crippen molar-refractivity contribution in [1.82, 2.24) is 10.3 Å². The molecule has 1 fully saturated rings. The molecule has 100 valence electrons. The molecule has 0 bridgehead atoms. The van der Waals surface area contributed by atoms with Crippen LogP contribution in [0.2, 0.25) is 0 Å². The van der Waals surface area contributed by atoms with E-state index in [9.17, 15) is 0 Å². The number of hydrogen-bond acceptors (Lipinski definition) is 2. The number of hydrogen-bond donors (Lipinski definition) is 1. The molecule has 0 aliphatic heterocycles. The Bertz CT molecular complexity index is 559. The maximum Gasteiger partial charge on any atom is 0.0357 e. The van der Waals surface area contributed by atoms with Crippen LogP contribution in [-0.4, -0.2) is 11.5 Å². The quantitative estimate of drug-likeness (QED) is 0.874. The van der Waals surface area contributed by atoms with Gasteiger partial charge in [-0.25, -0.2) is 0 Å². The van der Waals surface area contributed by atoms with Crippen molar-refractivity contribution in [2.75, 3.05) is 6.54 Å². The summed E-state index contributed by atoms with van der Waals surface area (Å²) in [6, 6.07) is 9.24. The van der Waals surface area contributed by atoms with Crippen LogP contribution < -0.4 is 5.32 Å². The van der Waals surface area contributed by atoms with Crippen molar-refractivity contribution < 1.29 is 0 Å². The minimum Gasteiger partial charge on any atom is -0.310 e. The van der Waals surface area contributed by atoms with Crippen molar-refractivity contribution in [1.29, 1.82) is 0 Å². The number of aromatic nitrogens is 1. The van der Waals surface area contributed by atoms with Crippen LogP contribution in [0, 0.1) is 11.8 Å². The van der Waals surface area contributed by atoms with Gasteiger partial charge in [-0.3, -0.25) is 4.98 Å². The fourth-order valence-electron chi connectivity index (χ4n) is 3.03. The second kappa shape index (κ2) is 5.30. The van der Waals surface area contributed by atoms with E-state index in [4.69, 9.17) is 0 Å². The summed E-state index contributed by atoms with van der Waals surface area (Å²) in [5, 5.41) is 6.35. The van der Waals surface area contributed by atoms with E-state index in [0.29, 0.717) is 6.04 Å². The molecule has 1 N–H and O–H groups in total. The normalized spacial score (nSPS) is 23.5. The average Bonchev–Trinajstić information content (AvgIpc) is 3.16. The Kier molecular flexibility index (Phi) is 3.52. The lowest BCUT2D eigenvalue weighted by Gasteiger charge is -2.21. The molecule has 1 heterocycles. The van der Waals surface area contributed by atoms with Crippen LogP contribution in [0.4, 0.5) is 0 Å². The molecule has 19 heavy (non-hydrogen) atoms. The Morgan fingerprint density at radius 2 is 2.21 bits per heavy atom. The van der Waals surface area contributed by atoms with E-state index < -0.39 is 0 Å². The van der Waals surface area contributed by atoms with Crippen molar-refractivity contribution in [3.8, 4) is 0 Å². The highest BCUT2D eigenvalue weighted by atomic mass is 14.9. The van der Waals surface area contributed by atoms with Crippen molar-refractivity contribution >= 4 is 10.8 Å². The molecule has 0 saturated heterocycles. The van der Waals surface area contributed by atoms with E-state index >= 15 is 0 Å². The third-order valence-corrected chi connectivity index (χ3v) is 4.26. The number of benzene rings is 1. The lowest BCUT2D eigenvalue weighted by molar-refractivity contribution is 0.465. The van der Waals surface area contributed by atoms with Gasteiger partial charge in [0.15, 0.2) is 0 Å². The zero-order valence-corrected chi connectivity index (χ0v) is 11.8. The Labute approximate surface area is 115 Å². The Morgan fingerprint density at radius 1 is 1.37 bits per heavy atom. The van der Waals surface area contributed by atoms with E-state index in [1.165, 1.54) is 29.2 Å². The summed E-state index contributed by atoms with van der Waals surface area (Å²) in [7, 11) is 0. The van der Waals surface area contributed by atoms with E-state index in [-0.39, 0.29) is 0 Å². The fraction of sp³-hybridized carbons (Fsp3) is 0.471. The lowest BCUT2D eigenvalue weighted by atomic mass is 9.96. The highest BCUT2D eigenvalue weighted by Crippen LogP contribution is 2.48. The molecule has 1 saturated carbocycles. The minimum atomic E-state index is 0.501. The second-order valence-electron chi connectivity index (χ2n) is 5.75. The number of pyridine rings is 1. The first kappa shape index (κ1) is 12.6. The molecule has 1 aromatic heterocycles. The maximum absolute atomic E-state index is 4.23. The van der Waals surface area contributed by atoms with E-state index in [2.05, 4.69) is 48.4 Å². The van der Waals surface area contributed by atoms with Crippen LogP contribution in [0.5, 0.6) is 0 Å². The molecule has 1 aromatic carbocycles. The first-order chi connectivity index (χ1) is 9.31. The van der Waals surface area contributed by atoms with Gasteiger partial charge in [0.2, 0.25) is 0 Å². The Hall–Kier alpha value is -1.41. The first-order valence-corrected chi connectivity index (χ1v) is 7.37. The van der Waals surface area contributed by atoms with Crippen LogP contribution in [0.3, 0.4) is 0 Å². The van der Waals surface area contributed by atoms with Gasteiger partial charge >= 0.3 is 0 Å². The zero-order chi connectivity index (χ0) is 13.2. The number of rotatable bonds is 5. The van der Waals surface area contributed by atoms with E-state index in [1.54, 1.807) is 0 Å². The monoisotopic (exact) mass is 254 g/mol. The van der Waals surface area contributed by atoms with Crippen molar-refractivity contribution in [3.05, 3.63) is 42.2 Å². The molecule has 3 rings (SSSR count). The van der Waals surface area contributed by atoms with Crippen molar-refractivity contribution in [3.63, 3.8) is 0 Å². The maximum atomic E-state index is 4.23. The van der Waals surface area contributed by atoms with Crippen LogP contribution in [-0.2, 0) is 0 Å². The summed E-state index contributed by atoms with van der Waals surface area (Å²) in [5.74, 6) is 1.65. The van der Waals surface area contributed by atoms with Gasteiger partial charge in [0.1, 0.15) is 0 Å². The molecular weight excluding hydrogens is 232 g/mol. The standard InChI is InChI=1S/C17H22N2/c1-3-8-19-17(16-10-12(16)2)15-6-4-5-13-11-18-9-7-14(13)15/h4-7,9,11-12,16-17,19H,3,8,10H2,1-2H3. The summed E-state index contributed by atoms with van der Waals surface area (Å²) in [4.78, 5) is 4.23. The Morgan fingerprint density at radius 3 is 2.95 bits per heavy atom. The second-order valence-corrected chi connectivity index (χ2v) is 5.75. The predicted octanol–water partition coefficient (Wildman–Crippen LogP) is 3.93.